The lowest BCUT2D eigenvalue weighted by Crippen LogP contribution is -2.07. The van der Waals surface area contributed by atoms with Gasteiger partial charge in [-0.25, -0.2) is 4.98 Å². The molecule has 0 aliphatic carbocycles. The van der Waals surface area contributed by atoms with Gasteiger partial charge in [-0.05, 0) is 31.5 Å². The lowest BCUT2D eigenvalue weighted by molar-refractivity contribution is 0.230. The van der Waals surface area contributed by atoms with Crippen LogP contribution in [0.5, 0.6) is 11.5 Å². The number of hydrazone groups is 1. The molecule has 7 heteroatoms. The summed E-state index contributed by atoms with van der Waals surface area (Å²) in [5.41, 5.74) is 5.73. The summed E-state index contributed by atoms with van der Waals surface area (Å²) in [6.07, 6.45) is 1.67. The second kappa shape index (κ2) is 8.88. The predicted octanol–water partition coefficient (Wildman–Crippen LogP) is 5.71. The zero-order valence-corrected chi connectivity index (χ0v) is 16.8. The normalized spacial score (nSPS) is 11.1. The van der Waals surface area contributed by atoms with Gasteiger partial charge in [0.15, 0.2) is 11.5 Å². The Morgan fingerprint density at radius 1 is 1.22 bits per heavy atom. The van der Waals surface area contributed by atoms with Crippen molar-refractivity contribution in [3.05, 3.63) is 58.4 Å². The van der Waals surface area contributed by atoms with Crippen molar-refractivity contribution in [3.8, 4) is 22.8 Å². The van der Waals surface area contributed by atoms with Crippen LogP contribution in [-0.2, 0) is 0 Å². The van der Waals surface area contributed by atoms with Gasteiger partial charge in [-0.15, -0.1) is 11.3 Å². The second-order valence-electron chi connectivity index (χ2n) is 5.97. The monoisotopic (exact) mass is 401 g/mol. The number of thiazole rings is 1. The van der Waals surface area contributed by atoms with Crippen LogP contribution < -0.4 is 14.9 Å². The van der Waals surface area contributed by atoms with Gasteiger partial charge in [-0.2, -0.15) is 5.10 Å². The molecule has 2 aromatic carbocycles. The van der Waals surface area contributed by atoms with E-state index in [1.807, 2.05) is 55.6 Å². The minimum Gasteiger partial charge on any atom is -0.493 e. The quantitative estimate of drug-likeness (QED) is 0.407. The SMILES string of the molecule is COc1cc(C=NNc2nc(-c3ccccc3)cs2)cc(Cl)c1OC(C)C. The van der Waals surface area contributed by atoms with Crippen molar-refractivity contribution in [3.63, 3.8) is 0 Å². The maximum absolute atomic E-state index is 6.33. The highest BCUT2D eigenvalue weighted by Gasteiger charge is 2.13. The molecule has 1 heterocycles. The van der Waals surface area contributed by atoms with Gasteiger partial charge in [-0.1, -0.05) is 41.9 Å². The molecule has 1 N–H and O–H groups in total. The van der Waals surface area contributed by atoms with E-state index in [-0.39, 0.29) is 6.10 Å². The van der Waals surface area contributed by atoms with Crippen LogP contribution in [0.4, 0.5) is 5.13 Å². The molecule has 0 radical (unpaired) electrons. The Morgan fingerprint density at radius 2 is 2.00 bits per heavy atom. The van der Waals surface area contributed by atoms with Crippen molar-refractivity contribution in [1.29, 1.82) is 0 Å². The first kappa shape index (κ1) is 19.2. The van der Waals surface area contributed by atoms with Crippen LogP contribution in [-0.4, -0.2) is 24.4 Å². The summed E-state index contributed by atoms with van der Waals surface area (Å²) >= 11 is 7.82. The fourth-order valence-electron chi connectivity index (χ4n) is 2.39. The maximum atomic E-state index is 6.33. The zero-order chi connectivity index (χ0) is 19.2. The van der Waals surface area contributed by atoms with Gasteiger partial charge in [0.2, 0.25) is 5.13 Å². The number of halogens is 1. The Hall–Kier alpha value is -2.57. The van der Waals surface area contributed by atoms with Crippen molar-refractivity contribution in [2.75, 3.05) is 12.5 Å². The Bertz CT molecular complexity index is 926. The van der Waals surface area contributed by atoms with Gasteiger partial charge in [0.25, 0.3) is 0 Å². The van der Waals surface area contributed by atoms with Gasteiger partial charge >= 0.3 is 0 Å². The molecule has 0 unspecified atom stereocenters. The molecule has 0 aliphatic heterocycles. The molecule has 0 aliphatic rings. The number of benzene rings is 2. The summed E-state index contributed by atoms with van der Waals surface area (Å²) in [6, 6.07) is 13.6. The highest BCUT2D eigenvalue weighted by atomic mass is 35.5. The maximum Gasteiger partial charge on any atom is 0.203 e. The van der Waals surface area contributed by atoms with Crippen molar-refractivity contribution < 1.29 is 9.47 Å². The first-order chi connectivity index (χ1) is 13.1. The van der Waals surface area contributed by atoms with Crippen LogP contribution in [0.2, 0.25) is 5.02 Å². The lowest BCUT2D eigenvalue weighted by Gasteiger charge is -2.15. The molecule has 0 spiro atoms. The number of rotatable bonds is 7. The molecular weight excluding hydrogens is 382 g/mol. The zero-order valence-electron chi connectivity index (χ0n) is 15.3. The number of aromatic nitrogens is 1. The summed E-state index contributed by atoms with van der Waals surface area (Å²) < 4.78 is 11.1. The summed E-state index contributed by atoms with van der Waals surface area (Å²) in [6.45, 7) is 3.87. The van der Waals surface area contributed by atoms with E-state index < -0.39 is 0 Å². The molecule has 5 nitrogen and oxygen atoms in total. The van der Waals surface area contributed by atoms with E-state index in [1.165, 1.54) is 11.3 Å². The van der Waals surface area contributed by atoms with Crippen molar-refractivity contribution in [2.24, 2.45) is 5.10 Å². The topological polar surface area (TPSA) is 55.7 Å². The molecule has 27 heavy (non-hydrogen) atoms. The lowest BCUT2D eigenvalue weighted by atomic mass is 10.2. The smallest absolute Gasteiger partial charge is 0.203 e. The standard InChI is InChI=1S/C20H20ClN3O2S/c1-13(2)26-19-16(21)9-14(10-18(19)25-3)11-22-24-20-23-17(12-27-20)15-7-5-4-6-8-15/h4-13H,1-3H3,(H,23,24). The molecule has 0 bridgehead atoms. The molecule has 0 atom stereocenters. The van der Waals surface area contributed by atoms with Crippen LogP contribution in [0.25, 0.3) is 11.3 Å². The fraction of sp³-hybridized carbons (Fsp3) is 0.200. The highest BCUT2D eigenvalue weighted by Crippen LogP contribution is 2.36. The highest BCUT2D eigenvalue weighted by molar-refractivity contribution is 7.14. The molecule has 0 saturated carbocycles. The third-order valence-electron chi connectivity index (χ3n) is 3.55. The Morgan fingerprint density at radius 3 is 2.70 bits per heavy atom. The van der Waals surface area contributed by atoms with Gasteiger partial charge in [0.1, 0.15) is 0 Å². The molecule has 0 amide bonds. The number of nitrogens with one attached hydrogen (secondary N) is 1. The largest absolute Gasteiger partial charge is 0.493 e. The van der Waals surface area contributed by atoms with E-state index in [0.717, 1.165) is 16.8 Å². The van der Waals surface area contributed by atoms with Crippen molar-refractivity contribution in [1.82, 2.24) is 4.98 Å². The van der Waals surface area contributed by atoms with E-state index in [2.05, 4.69) is 15.5 Å². The number of methoxy groups -OCH3 is 1. The number of anilines is 1. The number of ether oxygens (including phenoxy) is 2. The average Bonchev–Trinajstić information content (AvgIpc) is 3.13. The molecule has 1 aromatic heterocycles. The van der Waals surface area contributed by atoms with E-state index in [4.69, 9.17) is 21.1 Å². The van der Waals surface area contributed by atoms with Crippen LogP contribution in [0.3, 0.4) is 0 Å². The van der Waals surface area contributed by atoms with Gasteiger partial charge < -0.3 is 9.47 Å². The van der Waals surface area contributed by atoms with Crippen LogP contribution >= 0.6 is 22.9 Å². The molecule has 0 fully saturated rings. The van der Waals surface area contributed by atoms with Crippen molar-refractivity contribution >= 4 is 34.3 Å². The minimum absolute atomic E-state index is 0.00120. The average molecular weight is 402 g/mol. The molecule has 3 rings (SSSR count). The third kappa shape index (κ3) is 4.99. The Balaban J connectivity index is 1.71. The first-order valence-corrected chi connectivity index (χ1v) is 9.67. The fourth-order valence-corrected chi connectivity index (χ4v) is 3.33. The summed E-state index contributed by atoms with van der Waals surface area (Å²) in [7, 11) is 1.58. The molecule has 140 valence electrons. The summed E-state index contributed by atoms with van der Waals surface area (Å²) in [5.74, 6) is 1.10. The van der Waals surface area contributed by atoms with Crippen LogP contribution in [0.15, 0.2) is 52.9 Å². The summed E-state index contributed by atoms with van der Waals surface area (Å²) in [5, 5.41) is 7.42. The predicted molar refractivity (Wildman–Crippen MR) is 113 cm³/mol. The van der Waals surface area contributed by atoms with E-state index in [1.54, 1.807) is 19.4 Å². The van der Waals surface area contributed by atoms with Crippen LogP contribution in [0.1, 0.15) is 19.4 Å². The number of hydrogen-bond acceptors (Lipinski definition) is 6. The first-order valence-electron chi connectivity index (χ1n) is 8.41. The van der Waals surface area contributed by atoms with E-state index in [9.17, 15) is 0 Å². The molecular formula is C20H20ClN3O2S. The van der Waals surface area contributed by atoms with Gasteiger partial charge in [0, 0.05) is 10.9 Å². The van der Waals surface area contributed by atoms with E-state index >= 15 is 0 Å². The minimum atomic E-state index is 0.00120. The third-order valence-corrected chi connectivity index (χ3v) is 4.58. The Kier molecular flexibility index (Phi) is 6.32. The number of nitrogens with zero attached hydrogens (tertiary/aromatic N) is 2. The van der Waals surface area contributed by atoms with Crippen LogP contribution in [0, 0.1) is 0 Å². The molecule has 0 saturated heterocycles. The Labute approximate surface area is 167 Å². The van der Waals surface area contributed by atoms with Crippen molar-refractivity contribution in [2.45, 2.75) is 20.0 Å². The summed E-state index contributed by atoms with van der Waals surface area (Å²) in [4.78, 5) is 4.53. The second-order valence-corrected chi connectivity index (χ2v) is 7.24. The van der Waals surface area contributed by atoms with E-state index in [0.29, 0.717) is 21.7 Å². The van der Waals surface area contributed by atoms with Gasteiger partial charge in [-0.3, -0.25) is 5.43 Å². The number of hydrogen-bond donors (Lipinski definition) is 1. The molecule has 3 aromatic rings. The van der Waals surface area contributed by atoms with Gasteiger partial charge in [0.05, 0.1) is 30.1 Å².